The molecule has 2 fully saturated rings. The Morgan fingerprint density at radius 1 is 1.40 bits per heavy atom. The van der Waals surface area contributed by atoms with Crippen molar-refractivity contribution in [2.75, 3.05) is 19.6 Å². The lowest BCUT2D eigenvalue weighted by molar-refractivity contribution is -0.121. The number of carboxylic acid groups (broad SMARTS) is 1. The molecular formula is C12H17N5O3. The number of amides is 1. The lowest BCUT2D eigenvalue weighted by atomic mass is 10.1. The van der Waals surface area contributed by atoms with Gasteiger partial charge in [0.05, 0.1) is 12.2 Å². The van der Waals surface area contributed by atoms with E-state index in [1.54, 1.807) is 4.68 Å². The van der Waals surface area contributed by atoms with Gasteiger partial charge in [-0.15, -0.1) is 5.10 Å². The molecule has 0 spiro atoms. The van der Waals surface area contributed by atoms with Crippen LogP contribution in [0.25, 0.3) is 0 Å². The van der Waals surface area contributed by atoms with E-state index in [0.717, 1.165) is 32.5 Å². The molecule has 2 N–H and O–H groups in total. The van der Waals surface area contributed by atoms with Crippen LogP contribution in [0.2, 0.25) is 0 Å². The van der Waals surface area contributed by atoms with Crippen molar-refractivity contribution in [3.8, 4) is 0 Å². The van der Waals surface area contributed by atoms with Crippen LogP contribution in [-0.4, -0.2) is 62.6 Å². The molecule has 108 valence electrons. The minimum Gasteiger partial charge on any atom is -0.476 e. The molecule has 1 aliphatic heterocycles. The van der Waals surface area contributed by atoms with Crippen LogP contribution >= 0.6 is 0 Å². The minimum atomic E-state index is -1.07. The molecule has 0 atom stereocenters. The summed E-state index contributed by atoms with van der Waals surface area (Å²) < 4.78 is 1.59. The molecule has 1 saturated carbocycles. The molecule has 0 unspecified atom stereocenters. The van der Waals surface area contributed by atoms with Gasteiger partial charge < -0.3 is 10.4 Å². The van der Waals surface area contributed by atoms with E-state index in [-0.39, 0.29) is 17.6 Å². The molecular weight excluding hydrogens is 262 g/mol. The Labute approximate surface area is 115 Å². The molecule has 1 aliphatic carbocycles. The largest absolute Gasteiger partial charge is 0.476 e. The fraction of sp³-hybridized carbons (Fsp3) is 0.667. The smallest absolute Gasteiger partial charge is 0.358 e. The van der Waals surface area contributed by atoms with Crippen molar-refractivity contribution in [2.24, 2.45) is 0 Å². The topological polar surface area (TPSA) is 100 Å². The Balaban J connectivity index is 1.39. The number of aromatic carboxylic acids is 1. The maximum absolute atomic E-state index is 11.5. The first-order valence-corrected chi connectivity index (χ1v) is 6.78. The van der Waals surface area contributed by atoms with E-state index in [9.17, 15) is 9.59 Å². The van der Waals surface area contributed by atoms with Gasteiger partial charge in [0.1, 0.15) is 0 Å². The number of likely N-dealkylation sites (tertiary alicyclic amines) is 1. The van der Waals surface area contributed by atoms with Crippen molar-refractivity contribution < 1.29 is 14.7 Å². The van der Waals surface area contributed by atoms with Crippen LogP contribution in [0.3, 0.4) is 0 Å². The first kappa shape index (κ1) is 13.0. The van der Waals surface area contributed by atoms with E-state index in [2.05, 4.69) is 20.5 Å². The number of nitrogens with one attached hydrogen (secondary N) is 1. The molecule has 8 heteroatoms. The van der Waals surface area contributed by atoms with Gasteiger partial charge in [0.15, 0.2) is 5.69 Å². The van der Waals surface area contributed by atoms with Gasteiger partial charge in [-0.25, -0.2) is 9.48 Å². The lowest BCUT2D eigenvalue weighted by Crippen LogP contribution is -2.49. The number of rotatable bonds is 6. The summed E-state index contributed by atoms with van der Waals surface area (Å²) in [5.74, 6) is -0.950. The van der Waals surface area contributed by atoms with E-state index in [0.29, 0.717) is 12.5 Å². The molecule has 3 rings (SSSR count). The van der Waals surface area contributed by atoms with Crippen LogP contribution in [0.5, 0.6) is 0 Å². The molecule has 2 aliphatic rings. The van der Waals surface area contributed by atoms with Crippen molar-refractivity contribution in [3.05, 3.63) is 11.9 Å². The molecule has 0 aromatic carbocycles. The lowest BCUT2D eigenvalue weighted by Gasteiger charge is -2.38. The van der Waals surface area contributed by atoms with Crippen LogP contribution in [0.15, 0.2) is 6.20 Å². The van der Waals surface area contributed by atoms with Crippen LogP contribution in [-0.2, 0) is 4.79 Å². The average Bonchev–Trinajstić information content (AvgIpc) is 3.02. The Morgan fingerprint density at radius 2 is 2.15 bits per heavy atom. The molecule has 0 radical (unpaired) electrons. The standard InChI is InChI=1S/C12H17N5O3/c18-11(13-8-1-2-8)3-4-16-5-9(6-16)17-7-10(12(19)20)14-15-17/h7-9H,1-6H2,(H,13,18)(H,19,20). The monoisotopic (exact) mass is 279 g/mol. The van der Waals surface area contributed by atoms with E-state index < -0.39 is 5.97 Å². The summed E-state index contributed by atoms with van der Waals surface area (Å²) in [7, 11) is 0. The van der Waals surface area contributed by atoms with Gasteiger partial charge in [-0.1, -0.05) is 5.21 Å². The first-order chi connectivity index (χ1) is 9.61. The Kier molecular flexibility index (Phi) is 3.39. The van der Waals surface area contributed by atoms with Gasteiger partial charge in [0.2, 0.25) is 5.91 Å². The zero-order chi connectivity index (χ0) is 14.1. The normalized spacial score (nSPS) is 19.6. The summed E-state index contributed by atoms with van der Waals surface area (Å²) >= 11 is 0. The Morgan fingerprint density at radius 3 is 2.75 bits per heavy atom. The predicted octanol–water partition coefficient (Wildman–Crippen LogP) is -0.498. The third kappa shape index (κ3) is 2.96. The maximum Gasteiger partial charge on any atom is 0.358 e. The summed E-state index contributed by atoms with van der Waals surface area (Å²) in [5.41, 5.74) is -0.0349. The van der Waals surface area contributed by atoms with Gasteiger partial charge in [0, 0.05) is 32.1 Å². The van der Waals surface area contributed by atoms with Crippen molar-refractivity contribution in [1.29, 1.82) is 0 Å². The number of aromatic nitrogens is 3. The third-order valence-corrected chi connectivity index (χ3v) is 3.64. The summed E-state index contributed by atoms with van der Waals surface area (Å²) in [6, 6.07) is 0.568. The van der Waals surface area contributed by atoms with Gasteiger partial charge in [0.25, 0.3) is 0 Å². The third-order valence-electron chi connectivity index (χ3n) is 3.64. The maximum atomic E-state index is 11.5. The Bertz CT molecular complexity index is 519. The fourth-order valence-electron chi connectivity index (χ4n) is 2.23. The molecule has 1 saturated heterocycles. The van der Waals surface area contributed by atoms with Crippen LogP contribution < -0.4 is 5.32 Å². The van der Waals surface area contributed by atoms with Crippen molar-refractivity contribution in [3.63, 3.8) is 0 Å². The quantitative estimate of drug-likeness (QED) is 0.728. The summed E-state index contributed by atoms with van der Waals surface area (Å²) in [4.78, 5) is 24.4. The van der Waals surface area contributed by atoms with Crippen molar-refractivity contribution >= 4 is 11.9 Å². The molecule has 20 heavy (non-hydrogen) atoms. The van der Waals surface area contributed by atoms with Crippen LogP contribution in [0, 0.1) is 0 Å². The van der Waals surface area contributed by atoms with Crippen molar-refractivity contribution in [1.82, 2.24) is 25.2 Å². The Hall–Kier alpha value is -1.96. The summed E-state index contributed by atoms with van der Waals surface area (Å²) in [6.45, 7) is 2.29. The van der Waals surface area contributed by atoms with Crippen LogP contribution in [0.1, 0.15) is 35.8 Å². The second-order valence-electron chi connectivity index (χ2n) is 5.39. The summed E-state index contributed by atoms with van der Waals surface area (Å²) in [6.07, 6.45) is 4.18. The van der Waals surface area contributed by atoms with Gasteiger partial charge in [-0.3, -0.25) is 9.69 Å². The number of carbonyl (C=O) groups excluding carboxylic acids is 1. The average molecular weight is 279 g/mol. The highest BCUT2D eigenvalue weighted by Gasteiger charge is 2.30. The molecule has 1 aromatic heterocycles. The van der Waals surface area contributed by atoms with E-state index >= 15 is 0 Å². The number of hydrogen-bond donors (Lipinski definition) is 2. The SMILES string of the molecule is O=C(CCN1CC(n2cc(C(=O)O)nn2)C1)NC1CC1. The number of hydrogen-bond acceptors (Lipinski definition) is 5. The van der Waals surface area contributed by atoms with Crippen LogP contribution in [0.4, 0.5) is 0 Å². The second kappa shape index (κ2) is 5.20. The van der Waals surface area contributed by atoms with E-state index in [4.69, 9.17) is 5.11 Å². The molecule has 1 amide bonds. The highest BCUT2D eigenvalue weighted by molar-refractivity contribution is 5.84. The highest BCUT2D eigenvalue weighted by Crippen LogP contribution is 2.21. The number of nitrogens with zero attached hydrogens (tertiary/aromatic N) is 4. The second-order valence-corrected chi connectivity index (χ2v) is 5.39. The fourth-order valence-corrected chi connectivity index (χ4v) is 2.23. The van der Waals surface area contributed by atoms with Gasteiger partial charge in [-0.05, 0) is 12.8 Å². The van der Waals surface area contributed by atoms with E-state index in [1.165, 1.54) is 6.20 Å². The molecule has 0 bridgehead atoms. The predicted molar refractivity (Wildman–Crippen MR) is 68.2 cm³/mol. The van der Waals surface area contributed by atoms with Gasteiger partial charge in [-0.2, -0.15) is 0 Å². The van der Waals surface area contributed by atoms with E-state index in [1.807, 2.05) is 0 Å². The number of carbonyl (C=O) groups is 2. The zero-order valence-corrected chi connectivity index (χ0v) is 11.0. The molecule has 8 nitrogen and oxygen atoms in total. The highest BCUT2D eigenvalue weighted by atomic mass is 16.4. The minimum absolute atomic E-state index is 0.0349. The summed E-state index contributed by atoms with van der Waals surface area (Å²) in [5, 5.41) is 19.1. The van der Waals surface area contributed by atoms with Crippen molar-refractivity contribution in [2.45, 2.75) is 31.3 Å². The molecule has 2 heterocycles. The first-order valence-electron chi connectivity index (χ1n) is 6.78. The molecule has 1 aromatic rings. The zero-order valence-electron chi connectivity index (χ0n) is 11.0. The van der Waals surface area contributed by atoms with Gasteiger partial charge >= 0.3 is 5.97 Å². The number of carboxylic acids is 1.